The average Bonchev–Trinajstić information content (AvgIpc) is 2.40. The number of hydrogen-bond donors (Lipinski definition) is 1. The Morgan fingerprint density at radius 2 is 1.46 bits per heavy atom. The molecule has 1 aliphatic rings. The lowest BCUT2D eigenvalue weighted by Crippen LogP contribution is -2.28. The lowest BCUT2D eigenvalue weighted by Gasteiger charge is -2.37. The van der Waals surface area contributed by atoms with Crippen LogP contribution in [0.1, 0.15) is 79.0 Å². The summed E-state index contributed by atoms with van der Waals surface area (Å²) in [5, 5.41) is 10.9. The number of aromatic hydroxyl groups is 1. The number of allylic oxidation sites excluding steroid dienone is 4. The zero-order valence-electron chi connectivity index (χ0n) is 18.2. The fraction of sp³-hybridized carbons (Fsp3) is 0.560. The maximum atomic E-state index is 10.9. The third-order valence-corrected chi connectivity index (χ3v) is 5.58. The molecule has 1 heteroatoms. The molecule has 0 spiro atoms. The Bertz CT molecular complexity index is 710. The first-order chi connectivity index (χ1) is 11.6. The number of phenolic OH excluding ortho intramolecular Hbond substituents is 1. The molecule has 0 aliphatic heterocycles. The van der Waals surface area contributed by atoms with E-state index in [0.29, 0.717) is 11.7 Å². The second kappa shape index (κ2) is 6.59. The van der Waals surface area contributed by atoms with E-state index in [9.17, 15) is 5.11 Å². The molecule has 0 bridgehead atoms. The summed E-state index contributed by atoms with van der Waals surface area (Å²) in [7, 11) is 0. The zero-order chi connectivity index (χ0) is 20.1. The first kappa shape index (κ1) is 20.8. The van der Waals surface area contributed by atoms with Crippen LogP contribution in [0, 0.1) is 18.3 Å². The molecule has 1 N–H and O–H groups in total. The van der Waals surface area contributed by atoms with Gasteiger partial charge in [-0.3, -0.25) is 0 Å². The maximum Gasteiger partial charge on any atom is 0.123 e. The van der Waals surface area contributed by atoms with E-state index >= 15 is 0 Å². The average molecular weight is 354 g/mol. The predicted molar refractivity (Wildman–Crippen MR) is 114 cm³/mol. The van der Waals surface area contributed by atoms with E-state index < -0.39 is 0 Å². The quantitative estimate of drug-likeness (QED) is 0.613. The normalized spacial score (nSPS) is 20.6. The number of hydrogen-bond acceptors (Lipinski definition) is 1. The molecule has 0 saturated heterocycles. The summed E-state index contributed by atoms with van der Waals surface area (Å²) in [6.45, 7) is 24.1. The van der Waals surface area contributed by atoms with Crippen LogP contribution < -0.4 is 0 Å². The van der Waals surface area contributed by atoms with Crippen LogP contribution >= 0.6 is 0 Å². The van der Waals surface area contributed by atoms with Gasteiger partial charge in [-0.15, -0.1) is 0 Å². The highest BCUT2D eigenvalue weighted by atomic mass is 16.3. The van der Waals surface area contributed by atoms with Crippen molar-refractivity contribution in [2.45, 2.75) is 79.6 Å². The summed E-state index contributed by atoms with van der Waals surface area (Å²) in [4.78, 5) is 0. The monoisotopic (exact) mass is 353 g/mol. The van der Waals surface area contributed by atoms with Crippen LogP contribution in [-0.2, 0) is 17.3 Å². The fourth-order valence-electron chi connectivity index (χ4n) is 4.23. The Hall–Kier alpha value is -1.50. The lowest BCUT2D eigenvalue weighted by atomic mass is 9.67. The van der Waals surface area contributed by atoms with Crippen molar-refractivity contribution in [1.29, 1.82) is 0 Å². The van der Waals surface area contributed by atoms with Crippen LogP contribution in [0.4, 0.5) is 0 Å². The third-order valence-electron chi connectivity index (χ3n) is 5.58. The van der Waals surface area contributed by atoms with E-state index in [0.717, 1.165) is 17.5 Å². The van der Waals surface area contributed by atoms with Crippen molar-refractivity contribution in [3.05, 3.63) is 59.0 Å². The van der Waals surface area contributed by atoms with E-state index in [1.165, 1.54) is 16.7 Å². The molecule has 1 nitrogen and oxygen atoms in total. The molecule has 0 aromatic heterocycles. The molecule has 2 atom stereocenters. The Kier molecular flexibility index (Phi) is 5.27. The van der Waals surface area contributed by atoms with Crippen molar-refractivity contribution >= 4 is 0 Å². The molecule has 1 aromatic carbocycles. The van der Waals surface area contributed by atoms with Gasteiger partial charge in [0.05, 0.1) is 0 Å². The second-order valence-electron chi connectivity index (χ2n) is 10.6. The molecule has 0 amide bonds. The number of rotatable bonds is 2. The Balaban J connectivity index is 2.56. The van der Waals surface area contributed by atoms with Gasteiger partial charge >= 0.3 is 0 Å². The summed E-state index contributed by atoms with van der Waals surface area (Å²) >= 11 is 0. The lowest BCUT2D eigenvalue weighted by molar-refractivity contribution is 0.359. The smallest absolute Gasteiger partial charge is 0.123 e. The minimum atomic E-state index is -0.107. The van der Waals surface area contributed by atoms with E-state index in [4.69, 9.17) is 0 Å². The van der Waals surface area contributed by atoms with Crippen LogP contribution in [-0.4, -0.2) is 5.11 Å². The van der Waals surface area contributed by atoms with Gasteiger partial charge in [0.2, 0.25) is 0 Å². The van der Waals surface area contributed by atoms with Crippen LogP contribution in [0.5, 0.6) is 5.75 Å². The van der Waals surface area contributed by atoms with E-state index in [2.05, 4.69) is 93.5 Å². The largest absolute Gasteiger partial charge is 0.507 e. The van der Waals surface area contributed by atoms with Crippen LogP contribution in [0.15, 0.2) is 35.4 Å². The van der Waals surface area contributed by atoms with Crippen molar-refractivity contribution in [3.63, 3.8) is 0 Å². The highest BCUT2D eigenvalue weighted by Crippen LogP contribution is 2.44. The minimum absolute atomic E-state index is 0.0954. The van der Waals surface area contributed by atoms with Crippen LogP contribution in [0.2, 0.25) is 0 Å². The van der Waals surface area contributed by atoms with Gasteiger partial charge in [-0.25, -0.2) is 0 Å². The van der Waals surface area contributed by atoms with Gasteiger partial charge in [-0.2, -0.15) is 0 Å². The molecular formula is C25H37O. The van der Waals surface area contributed by atoms with Crippen molar-refractivity contribution in [3.8, 4) is 5.75 Å². The molecular weight excluding hydrogens is 316 g/mol. The Labute approximate surface area is 161 Å². The molecule has 1 aromatic rings. The Morgan fingerprint density at radius 3 is 1.85 bits per heavy atom. The van der Waals surface area contributed by atoms with E-state index in [1.54, 1.807) is 0 Å². The summed E-state index contributed by atoms with van der Waals surface area (Å²) in [6.07, 6.45) is 5.52. The Morgan fingerprint density at radius 1 is 1.00 bits per heavy atom. The molecule has 1 aliphatic carbocycles. The van der Waals surface area contributed by atoms with Crippen molar-refractivity contribution in [2.75, 3.05) is 0 Å². The molecule has 0 fully saturated rings. The van der Waals surface area contributed by atoms with Crippen LogP contribution in [0.3, 0.4) is 0 Å². The van der Waals surface area contributed by atoms with Crippen molar-refractivity contribution in [2.24, 2.45) is 11.3 Å². The molecule has 26 heavy (non-hydrogen) atoms. The zero-order valence-corrected chi connectivity index (χ0v) is 18.2. The predicted octanol–water partition coefficient (Wildman–Crippen LogP) is 6.89. The van der Waals surface area contributed by atoms with Gasteiger partial charge in [-0.05, 0) is 66.0 Å². The second-order valence-corrected chi connectivity index (χ2v) is 10.6. The van der Waals surface area contributed by atoms with Gasteiger partial charge < -0.3 is 5.11 Å². The molecule has 0 saturated carbocycles. The standard InChI is InChI=1S/C25H37O/c1-16-11-17(2)19(25(9,10)15-16)12-18-13-20(23(3,4)5)22(26)21(14-18)24(6,7)8/h11,13-15,19,26H,9,12H2,1-8,10H3. The van der Waals surface area contributed by atoms with Crippen LogP contribution in [0.25, 0.3) is 0 Å². The summed E-state index contributed by atoms with van der Waals surface area (Å²) in [5.74, 6) is 0.828. The molecule has 143 valence electrons. The van der Waals surface area contributed by atoms with Gasteiger partial charge in [0.25, 0.3) is 0 Å². The van der Waals surface area contributed by atoms with E-state index in [1.807, 2.05) is 0 Å². The highest BCUT2D eigenvalue weighted by Gasteiger charge is 2.33. The minimum Gasteiger partial charge on any atom is -0.507 e. The number of phenols is 1. The summed E-state index contributed by atoms with van der Waals surface area (Å²) < 4.78 is 0. The highest BCUT2D eigenvalue weighted by molar-refractivity contribution is 5.50. The molecule has 1 radical (unpaired) electrons. The topological polar surface area (TPSA) is 20.2 Å². The SMILES string of the molecule is [CH2]C1(C)C=C(C)C=C(C)C1Cc1cc(C(C)(C)C)c(O)c(C(C)(C)C)c1. The molecule has 2 rings (SSSR count). The molecule has 0 heterocycles. The van der Waals surface area contributed by atoms with Gasteiger partial charge in [0.1, 0.15) is 5.75 Å². The molecule has 2 unspecified atom stereocenters. The summed E-state index contributed by atoms with van der Waals surface area (Å²) in [6, 6.07) is 4.41. The number of benzene rings is 1. The third kappa shape index (κ3) is 4.24. The maximum absolute atomic E-state index is 10.9. The first-order valence-electron chi connectivity index (χ1n) is 9.73. The first-order valence-corrected chi connectivity index (χ1v) is 9.73. The van der Waals surface area contributed by atoms with Gasteiger partial charge in [-0.1, -0.05) is 83.9 Å². The fourth-order valence-corrected chi connectivity index (χ4v) is 4.23. The van der Waals surface area contributed by atoms with Crippen molar-refractivity contribution in [1.82, 2.24) is 0 Å². The van der Waals surface area contributed by atoms with Gasteiger partial charge in [0.15, 0.2) is 0 Å². The van der Waals surface area contributed by atoms with E-state index in [-0.39, 0.29) is 16.2 Å². The van der Waals surface area contributed by atoms with Gasteiger partial charge in [0, 0.05) is 0 Å². The summed E-state index contributed by atoms with van der Waals surface area (Å²) in [5.41, 5.74) is 5.76. The van der Waals surface area contributed by atoms with Crippen molar-refractivity contribution < 1.29 is 5.11 Å².